The number of nitrogens with one attached hydrogen (secondary N) is 2. The molecule has 2 N–H and O–H groups in total. The van der Waals surface area contributed by atoms with E-state index in [4.69, 9.17) is 14.2 Å². The number of rotatable bonds is 9. The normalized spacial score (nSPS) is 15.7. The summed E-state index contributed by atoms with van der Waals surface area (Å²) in [6.07, 6.45) is -0.137. The lowest BCUT2D eigenvalue weighted by atomic mass is 10.1. The van der Waals surface area contributed by atoms with Crippen molar-refractivity contribution in [1.82, 2.24) is 4.72 Å². The topological polar surface area (TPSA) is 103 Å². The molecule has 1 aliphatic heterocycles. The third kappa shape index (κ3) is 5.03. The number of amides is 1. The van der Waals surface area contributed by atoms with Crippen molar-refractivity contribution in [2.24, 2.45) is 0 Å². The largest absolute Gasteiger partial charge is 0.490 e. The second-order valence-electron chi connectivity index (χ2n) is 6.70. The van der Waals surface area contributed by atoms with E-state index in [0.29, 0.717) is 42.6 Å². The number of ether oxygens (including phenoxy) is 3. The molecule has 1 unspecified atom stereocenters. The number of hydrogen-bond acceptors (Lipinski definition) is 6. The minimum Gasteiger partial charge on any atom is -0.490 e. The molecule has 162 valence electrons. The Morgan fingerprint density at radius 3 is 2.53 bits per heavy atom. The van der Waals surface area contributed by atoms with Gasteiger partial charge in [0.25, 0.3) is 5.91 Å². The average molecular weight is 435 g/mol. The van der Waals surface area contributed by atoms with Crippen LogP contribution in [-0.4, -0.2) is 40.2 Å². The highest BCUT2D eigenvalue weighted by molar-refractivity contribution is 7.89. The number of anilines is 1. The van der Waals surface area contributed by atoms with E-state index in [1.54, 1.807) is 13.0 Å². The van der Waals surface area contributed by atoms with Crippen LogP contribution in [0.4, 0.5) is 5.69 Å². The van der Waals surface area contributed by atoms with Gasteiger partial charge in [0.1, 0.15) is 5.75 Å². The Morgan fingerprint density at radius 1 is 1.07 bits per heavy atom. The summed E-state index contributed by atoms with van der Waals surface area (Å²) < 4.78 is 44.5. The summed E-state index contributed by atoms with van der Waals surface area (Å²) in [5.74, 6) is 1.43. The monoisotopic (exact) mass is 434 g/mol. The van der Waals surface area contributed by atoms with E-state index in [1.807, 2.05) is 32.0 Å². The molecule has 30 heavy (non-hydrogen) atoms. The van der Waals surface area contributed by atoms with E-state index >= 15 is 0 Å². The molecule has 3 rings (SSSR count). The van der Waals surface area contributed by atoms with Crippen LogP contribution in [0.15, 0.2) is 41.3 Å². The van der Waals surface area contributed by atoms with Crippen molar-refractivity contribution < 1.29 is 27.4 Å². The van der Waals surface area contributed by atoms with Crippen LogP contribution in [0.25, 0.3) is 0 Å². The van der Waals surface area contributed by atoms with Gasteiger partial charge in [-0.3, -0.25) is 4.79 Å². The van der Waals surface area contributed by atoms with Crippen LogP contribution in [0.3, 0.4) is 0 Å². The van der Waals surface area contributed by atoms with Crippen molar-refractivity contribution in [3.63, 3.8) is 0 Å². The zero-order valence-corrected chi connectivity index (χ0v) is 18.0. The summed E-state index contributed by atoms with van der Waals surface area (Å²) >= 11 is 0. The first-order chi connectivity index (χ1) is 14.3. The quantitative estimate of drug-likeness (QED) is 0.629. The molecule has 0 aliphatic carbocycles. The highest BCUT2D eigenvalue weighted by Crippen LogP contribution is 2.32. The molecule has 0 fully saturated rings. The maximum Gasteiger partial charge on any atom is 0.265 e. The molecular weight excluding hydrogens is 408 g/mol. The lowest BCUT2D eigenvalue weighted by Crippen LogP contribution is -2.34. The number of benzene rings is 2. The lowest BCUT2D eigenvalue weighted by molar-refractivity contribution is -0.122. The van der Waals surface area contributed by atoms with Gasteiger partial charge in [-0.15, -0.1) is 0 Å². The van der Waals surface area contributed by atoms with Crippen molar-refractivity contribution in [2.75, 3.05) is 25.1 Å². The van der Waals surface area contributed by atoms with Gasteiger partial charge < -0.3 is 19.5 Å². The van der Waals surface area contributed by atoms with Crippen molar-refractivity contribution >= 4 is 21.6 Å². The molecule has 2 aromatic carbocycles. The van der Waals surface area contributed by atoms with Gasteiger partial charge in [-0.2, -0.15) is 0 Å². The maximum absolute atomic E-state index is 12.7. The third-order valence-electron chi connectivity index (χ3n) is 4.51. The minimum absolute atomic E-state index is 0.0569. The summed E-state index contributed by atoms with van der Waals surface area (Å²) in [7, 11) is -3.74. The fraction of sp³-hybridized carbons (Fsp3) is 0.381. The number of carbonyl (C=O) groups is 1. The van der Waals surface area contributed by atoms with Crippen LogP contribution in [-0.2, 0) is 21.2 Å². The number of carbonyl (C=O) groups excluding carboxylic acids is 1. The Balaban J connectivity index is 1.66. The van der Waals surface area contributed by atoms with Crippen LogP contribution >= 0.6 is 0 Å². The maximum atomic E-state index is 12.7. The Kier molecular flexibility index (Phi) is 6.84. The molecule has 1 atom stereocenters. The Morgan fingerprint density at radius 2 is 1.80 bits per heavy atom. The summed E-state index contributed by atoms with van der Waals surface area (Å²) in [5.41, 5.74) is 1.26. The summed E-state index contributed by atoms with van der Waals surface area (Å²) in [6.45, 7) is 6.67. The smallest absolute Gasteiger partial charge is 0.265 e. The van der Waals surface area contributed by atoms with Crippen LogP contribution in [0.5, 0.6) is 17.2 Å². The van der Waals surface area contributed by atoms with Gasteiger partial charge in [0, 0.05) is 6.54 Å². The van der Waals surface area contributed by atoms with Gasteiger partial charge >= 0.3 is 0 Å². The second kappa shape index (κ2) is 9.36. The van der Waals surface area contributed by atoms with E-state index in [2.05, 4.69) is 10.0 Å². The van der Waals surface area contributed by atoms with Crippen molar-refractivity contribution in [3.05, 3.63) is 42.0 Å². The fourth-order valence-electron chi connectivity index (χ4n) is 3.02. The van der Waals surface area contributed by atoms with E-state index in [0.717, 1.165) is 5.56 Å². The molecule has 0 bridgehead atoms. The molecule has 0 spiro atoms. The number of sulfonamides is 1. The third-order valence-corrected chi connectivity index (χ3v) is 5.96. The first kappa shape index (κ1) is 21.9. The van der Waals surface area contributed by atoms with Gasteiger partial charge in [0.15, 0.2) is 17.6 Å². The number of hydrogen-bond donors (Lipinski definition) is 2. The zero-order chi connectivity index (χ0) is 21.7. The van der Waals surface area contributed by atoms with Crippen LogP contribution in [0.1, 0.15) is 26.3 Å². The SMILES string of the molecule is CCOc1ccc(CCNS(=O)(=O)c2ccc3c(c2)NC(=O)C(C)O3)cc1OCC. The molecule has 0 saturated carbocycles. The van der Waals surface area contributed by atoms with Gasteiger partial charge in [0.2, 0.25) is 10.0 Å². The zero-order valence-electron chi connectivity index (χ0n) is 17.2. The summed E-state index contributed by atoms with van der Waals surface area (Å²) in [6, 6.07) is 9.96. The van der Waals surface area contributed by atoms with Crippen molar-refractivity contribution in [2.45, 2.75) is 38.2 Å². The highest BCUT2D eigenvalue weighted by atomic mass is 32.2. The van der Waals surface area contributed by atoms with Gasteiger partial charge in [-0.05, 0) is 63.1 Å². The molecular formula is C21H26N2O6S. The van der Waals surface area contributed by atoms with Crippen molar-refractivity contribution in [3.8, 4) is 17.2 Å². The van der Waals surface area contributed by atoms with Gasteiger partial charge in [-0.1, -0.05) is 6.07 Å². The Labute approximate surface area is 176 Å². The Bertz CT molecular complexity index is 1020. The number of fused-ring (bicyclic) bond motifs is 1. The van der Waals surface area contributed by atoms with E-state index in [9.17, 15) is 13.2 Å². The van der Waals surface area contributed by atoms with Gasteiger partial charge in [0.05, 0.1) is 23.8 Å². The summed E-state index contributed by atoms with van der Waals surface area (Å²) in [5, 5.41) is 2.66. The molecule has 9 heteroatoms. The highest BCUT2D eigenvalue weighted by Gasteiger charge is 2.25. The molecule has 1 heterocycles. The van der Waals surface area contributed by atoms with E-state index in [-0.39, 0.29) is 17.3 Å². The molecule has 0 saturated heterocycles. The van der Waals surface area contributed by atoms with E-state index in [1.165, 1.54) is 12.1 Å². The lowest BCUT2D eigenvalue weighted by Gasteiger charge is -2.23. The molecule has 1 amide bonds. The minimum atomic E-state index is -3.74. The predicted octanol–water partition coefficient (Wildman–Crippen LogP) is 2.72. The molecule has 0 radical (unpaired) electrons. The molecule has 1 aliphatic rings. The standard InChI is InChI=1S/C21H26N2O6S/c1-4-27-19-8-6-15(12-20(19)28-5-2)10-11-22-30(25,26)16-7-9-18-17(13-16)23-21(24)14(3)29-18/h6-9,12-14,22H,4-5,10-11H2,1-3H3,(H,23,24). The van der Waals surface area contributed by atoms with Crippen LogP contribution in [0.2, 0.25) is 0 Å². The summed E-state index contributed by atoms with van der Waals surface area (Å²) in [4.78, 5) is 11.8. The first-order valence-electron chi connectivity index (χ1n) is 9.83. The second-order valence-corrected chi connectivity index (χ2v) is 8.47. The van der Waals surface area contributed by atoms with Crippen LogP contribution in [0, 0.1) is 0 Å². The van der Waals surface area contributed by atoms with Gasteiger partial charge in [-0.25, -0.2) is 13.1 Å². The van der Waals surface area contributed by atoms with Crippen LogP contribution < -0.4 is 24.2 Å². The first-order valence-corrected chi connectivity index (χ1v) is 11.3. The predicted molar refractivity (Wildman–Crippen MR) is 113 cm³/mol. The van der Waals surface area contributed by atoms with Crippen molar-refractivity contribution in [1.29, 1.82) is 0 Å². The molecule has 2 aromatic rings. The fourth-order valence-corrected chi connectivity index (χ4v) is 4.08. The molecule has 8 nitrogen and oxygen atoms in total. The average Bonchev–Trinajstić information content (AvgIpc) is 2.70. The Hall–Kier alpha value is -2.78. The molecule has 0 aromatic heterocycles. The van der Waals surface area contributed by atoms with E-state index < -0.39 is 16.1 Å².